The molecule has 0 radical (unpaired) electrons. The van der Waals surface area contributed by atoms with Gasteiger partial charge < -0.3 is 10.6 Å². The quantitative estimate of drug-likeness (QED) is 0.754. The normalized spacial score (nSPS) is 16.1. The first-order valence-corrected chi connectivity index (χ1v) is 7.35. The maximum atomic E-state index is 11.5. The van der Waals surface area contributed by atoms with Crippen LogP contribution in [0.5, 0.6) is 0 Å². The number of halogens is 1. The monoisotopic (exact) mass is 280 g/mol. The van der Waals surface area contributed by atoms with Gasteiger partial charge in [0.15, 0.2) is 0 Å². The highest BCUT2D eigenvalue weighted by atomic mass is 35.5. The van der Waals surface area contributed by atoms with Crippen molar-refractivity contribution in [2.24, 2.45) is 5.92 Å². The molecule has 2 N–H and O–H groups in total. The third-order valence-corrected chi connectivity index (χ3v) is 3.70. The summed E-state index contributed by atoms with van der Waals surface area (Å²) < 4.78 is 0. The van der Waals surface area contributed by atoms with Crippen LogP contribution in [-0.4, -0.2) is 19.0 Å². The van der Waals surface area contributed by atoms with E-state index in [9.17, 15) is 4.79 Å². The molecule has 0 heterocycles. The lowest BCUT2D eigenvalue weighted by atomic mass is 10.0. The Hall–Kier alpha value is -1.06. The van der Waals surface area contributed by atoms with Gasteiger partial charge in [-0.2, -0.15) is 0 Å². The topological polar surface area (TPSA) is 41.1 Å². The molecular formula is C15H21ClN2O. The second kappa shape index (κ2) is 6.92. The number of hydrogen-bond acceptors (Lipinski definition) is 2. The number of benzene rings is 1. The zero-order valence-electron chi connectivity index (χ0n) is 11.3. The standard InChI is InChI=1S/C15H21ClN2O/c1-2-14(11-5-7-13(16)8-6-11)17-9-10-18-15(19)12-3-4-12/h5-8,12,14,17H,2-4,9-10H2,1H3,(H,18,19). The lowest BCUT2D eigenvalue weighted by molar-refractivity contribution is -0.122. The molecule has 2 rings (SSSR count). The van der Waals surface area contributed by atoms with Crippen molar-refractivity contribution >= 4 is 17.5 Å². The molecule has 1 aliphatic carbocycles. The highest BCUT2D eigenvalue weighted by Crippen LogP contribution is 2.28. The van der Waals surface area contributed by atoms with Crippen LogP contribution in [0.4, 0.5) is 0 Å². The van der Waals surface area contributed by atoms with Crippen molar-refractivity contribution in [2.75, 3.05) is 13.1 Å². The van der Waals surface area contributed by atoms with Crippen LogP contribution in [0.3, 0.4) is 0 Å². The molecule has 1 unspecified atom stereocenters. The predicted octanol–water partition coefficient (Wildman–Crippen LogP) is 2.91. The molecule has 104 valence electrons. The minimum Gasteiger partial charge on any atom is -0.355 e. The van der Waals surface area contributed by atoms with Crippen LogP contribution in [0.1, 0.15) is 37.8 Å². The van der Waals surface area contributed by atoms with Crippen LogP contribution in [0.15, 0.2) is 24.3 Å². The Kier molecular flexibility index (Phi) is 5.23. The molecular weight excluding hydrogens is 260 g/mol. The van der Waals surface area contributed by atoms with E-state index in [1.807, 2.05) is 24.3 Å². The number of carbonyl (C=O) groups is 1. The van der Waals surface area contributed by atoms with Crippen molar-refractivity contribution in [2.45, 2.75) is 32.2 Å². The fourth-order valence-corrected chi connectivity index (χ4v) is 2.24. The molecule has 1 atom stereocenters. The van der Waals surface area contributed by atoms with Gasteiger partial charge in [0, 0.05) is 30.1 Å². The summed E-state index contributed by atoms with van der Waals surface area (Å²) in [4.78, 5) is 11.5. The van der Waals surface area contributed by atoms with Crippen LogP contribution >= 0.6 is 11.6 Å². The molecule has 0 aromatic heterocycles. The van der Waals surface area contributed by atoms with Crippen molar-refractivity contribution in [1.29, 1.82) is 0 Å². The van der Waals surface area contributed by atoms with Crippen LogP contribution in [-0.2, 0) is 4.79 Å². The van der Waals surface area contributed by atoms with E-state index in [1.54, 1.807) is 0 Å². The summed E-state index contributed by atoms with van der Waals surface area (Å²) in [6.45, 7) is 3.63. The molecule has 19 heavy (non-hydrogen) atoms. The van der Waals surface area contributed by atoms with E-state index < -0.39 is 0 Å². The average Bonchev–Trinajstić information content (AvgIpc) is 3.24. The fraction of sp³-hybridized carbons (Fsp3) is 0.533. The number of rotatable bonds is 7. The van der Waals surface area contributed by atoms with E-state index in [4.69, 9.17) is 11.6 Å². The summed E-state index contributed by atoms with van der Waals surface area (Å²) in [5.74, 6) is 0.500. The minimum atomic E-state index is 0.210. The number of carbonyl (C=O) groups excluding carboxylic acids is 1. The molecule has 4 heteroatoms. The zero-order chi connectivity index (χ0) is 13.7. The third-order valence-electron chi connectivity index (χ3n) is 3.44. The second-order valence-electron chi connectivity index (χ2n) is 5.03. The third kappa shape index (κ3) is 4.51. The average molecular weight is 281 g/mol. The van der Waals surface area contributed by atoms with Crippen molar-refractivity contribution < 1.29 is 4.79 Å². The van der Waals surface area contributed by atoms with E-state index in [0.29, 0.717) is 18.5 Å². The summed E-state index contributed by atoms with van der Waals surface area (Å²) in [5, 5.41) is 7.18. The van der Waals surface area contributed by atoms with Gasteiger partial charge >= 0.3 is 0 Å². The Labute approximate surface area is 119 Å². The van der Waals surface area contributed by atoms with Crippen LogP contribution in [0.2, 0.25) is 5.02 Å². The van der Waals surface area contributed by atoms with Gasteiger partial charge in [0.1, 0.15) is 0 Å². The van der Waals surface area contributed by atoms with E-state index in [2.05, 4.69) is 17.6 Å². The largest absolute Gasteiger partial charge is 0.355 e. The van der Waals surface area contributed by atoms with E-state index in [1.165, 1.54) is 5.56 Å². The molecule has 1 aliphatic rings. The van der Waals surface area contributed by atoms with E-state index >= 15 is 0 Å². The molecule has 0 aliphatic heterocycles. The van der Waals surface area contributed by atoms with Gasteiger partial charge in [-0.3, -0.25) is 4.79 Å². The summed E-state index contributed by atoms with van der Waals surface area (Å²) in [6, 6.07) is 8.24. The van der Waals surface area contributed by atoms with Gasteiger partial charge in [0.2, 0.25) is 5.91 Å². The Morgan fingerprint density at radius 2 is 2.00 bits per heavy atom. The van der Waals surface area contributed by atoms with Crippen molar-refractivity contribution in [3.63, 3.8) is 0 Å². The molecule has 1 aromatic rings. The summed E-state index contributed by atoms with van der Waals surface area (Å²) in [6.07, 6.45) is 3.13. The van der Waals surface area contributed by atoms with Gasteiger partial charge in [-0.25, -0.2) is 0 Å². The minimum absolute atomic E-state index is 0.210. The maximum absolute atomic E-state index is 11.5. The summed E-state index contributed by atoms with van der Waals surface area (Å²) >= 11 is 5.89. The number of amides is 1. The van der Waals surface area contributed by atoms with Gasteiger partial charge in [-0.1, -0.05) is 30.7 Å². The van der Waals surface area contributed by atoms with Gasteiger partial charge in [0.05, 0.1) is 0 Å². The maximum Gasteiger partial charge on any atom is 0.223 e. The lowest BCUT2D eigenvalue weighted by Crippen LogP contribution is -2.34. The van der Waals surface area contributed by atoms with Crippen molar-refractivity contribution in [3.8, 4) is 0 Å². The Morgan fingerprint density at radius 3 is 2.58 bits per heavy atom. The molecule has 1 fully saturated rings. The van der Waals surface area contributed by atoms with Crippen LogP contribution in [0, 0.1) is 5.92 Å². The first-order chi connectivity index (χ1) is 9.20. The zero-order valence-corrected chi connectivity index (χ0v) is 12.0. The van der Waals surface area contributed by atoms with Crippen LogP contribution in [0.25, 0.3) is 0 Å². The molecule has 0 bridgehead atoms. The summed E-state index contributed by atoms with van der Waals surface area (Å²) in [7, 11) is 0. The number of hydrogen-bond donors (Lipinski definition) is 2. The molecule has 3 nitrogen and oxygen atoms in total. The van der Waals surface area contributed by atoms with Crippen LogP contribution < -0.4 is 10.6 Å². The van der Waals surface area contributed by atoms with E-state index in [0.717, 1.165) is 30.8 Å². The van der Waals surface area contributed by atoms with Crippen molar-refractivity contribution in [1.82, 2.24) is 10.6 Å². The number of nitrogens with one attached hydrogen (secondary N) is 2. The highest BCUT2D eigenvalue weighted by molar-refractivity contribution is 6.30. The fourth-order valence-electron chi connectivity index (χ4n) is 2.11. The molecule has 1 amide bonds. The second-order valence-corrected chi connectivity index (χ2v) is 5.47. The van der Waals surface area contributed by atoms with Gasteiger partial charge in [0.25, 0.3) is 0 Å². The lowest BCUT2D eigenvalue weighted by Gasteiger charge is -2.17. The van der Waals surface area contributed by atoms with Crippen molar-refractivity contribution in [3.05, 3.63) is 34.9 Å². The molecule has 0 spiro atoms. The van der Waals surface area contributed by atoms with E-state index in [-0.39, 0.29) is 5.91 Å². The SMILES string of the molecule is CCC(NCCNC(=O)C1CC1)c1ccc(Cl)cc1. The molecule has 1 aromatic carbocycles. The first-order valence-electron chi connectivity index (χ1n) is 6.97. The Bertz CT molecular complexity index is 415. The van der Waals surface area contributed by atoms with Gasteiger partial charge in [-0.05, 0) is 37.0 Å². The Balaban J connectivity index is 1.72. The predicted molar refractivity (Wildman–Crippen MR) is 78.2 cm³/mol. The Morgan fingerprint density at radius 1 is 1.32 bits per heavy atom. The highest BCUT2D eigenvalue weighted by Gasteiger charge is 2.28. The van der Waals surface area contributed by atoms with Gasteiger partial charge in [-0.15, -0.1) is 0 Å². The molecule has 0 saturated heterocycles. The molecule has 1 saturated carbocycles. The first kappa shape index (κ1) is 14.4. The summed E-state index contributed by atoms with van der Waals surface area (Å²) in [5.41, 5.74) is 1.24. The smallest absolute Gasteiger partial charge is 0.223 e.